The van der Waals surface area contributed by atoms with Gasteiger partial charge in [0.15, 0.2) is 0 Å². The van der Waals surface area contributed by atoms with E-state index in [2.05, 4.69) is 13.0 Å². The molecule has 0 aromatic carbocycles. The molecule has 1 atom stereocenters. The average Bonchev–Trinajstić information content (AvgIpc) is 1.96. The summed E-state index contributed by atoms with van der Waals surface area (Å²) in [5, 5.41) is 0. The first-order chi connectivity index (χ1) is 4.70. The number of thiocarbonyl (C=S) groups is 2. The van der Waals surface area contributed by atoms with Crippen LogP contribution in [0.5, 0.6) is 0 Å². The normalized spacial score (nSPS) is 26.7. The molecule has 0 N–H and O–H groups in total. The first-order valence-electron chi connectivity index (χ1n) is 3.42. The Morgan fingerprint density at radius 1 is 1.50 bits per heavy atom. The first-order valence-corrected chi connectivity index (χ1v) is 4.24. The van der Waals surface area contributed by atoms with Crippen molar-refractivity contribution in [2.24, 2.45) is 5.92 Å². The van der Waals surface area contributed by atoms with E-state index in [1.54, 1.807) is 0 Å². The minimum absolute atomic E-state index is 0.473. The van der Waals surface area contributed by atoms with Crippen LogP contribution in [0.4, 0.5) is 0 Å². The zero-order chi connectivity index (χ0) is 7.56. The fraction of sp³-hybridized carbons (Fsp3) is 0.500. The molecule has 1 aliphatic carbocycles. The van der Waals surface area contributed by atoms with Gasteiger partial charge in [0.1, 0.15) is 0 Å². The van der Waals surface area contributed by atoms with Crippen LogP contribution >= 0.6 is 24.4 Å². The molecule has 0 saturated carbocycles. The van der Waals surface area contributed by atoms with E-state index >= 15 is 0 Å². The zero-order valence-electron chi connectivity index (χ0n) is 5.96. The molecule has 0 saturated heterocycles. The Hall–Kier alpha value is -0.0800. The van der Waals surface area contributed by atoms with Crippen molar-refractivity contribution < 1.29 is 0 Å². The van der Waals surface area contributed by atoms with Crippen LogP contribution in [0.2, 0.25) is 0 Å². The monoisotopic (exact) mass is 170 g/mol. The second-order valence-electron chi connectivity index (χ2n) is 2.65. The van der Waals surface area contributed by atoms with E-state index in [1.807, 2.05) is 6.08 Å². The molecule has 10 heavy (non-hydrogen) atoms. The Morgan fingerprint density at radius 2 is 2.20 bits per heavy atom. The largest absolute Gasteiger partial charge is 0.0893 e. The average molecular weight is 170 g/mol. The highest BCUT2D eigenvalue weighted by Crippen LogP contribution is 2.14. The van der Waals surface area contributed by atoms with Crippen LogP contribution in [0.25, 0.3) is 0 Å². The Balaban J connectivity index is 2.71. The van der Waals surface area contributed by atoms with Gasteiger partial charge in [0.25, 0.3) is 0 Å². The van der Waals surface area contributed by atoms with Crippen molar-refractivity contribution in [3.8, 4) is 0 Å². The molecule has 0 bridgehead atoms. The van der Waals surface area contributed by atoms with Crippen molar-refractivity contribution in [2.75, 3.05) is 0 Å². The second kappa shape index (κ2) is 3.35. The van der Waals surface area contributed by atoms with Crippen LogP contribution in [0.3, 0.4) is 0 Å². The van der Waals surface area contributed by atoms with Gasteiger partial charge in [-0.15, -0.1) is 0 Å². The van der Waals surface area contributed by atoms with Crippen LogP contribution < -0.4 is 0 Å². The lowest BCUT2D eigenvalue weighted by Gasteiger charge is -2.05. The zero-order valence-corrected chi connectivity index (χ0v) is 7.60. The Labute approximate surface area is 72.3 Å². The van der Waals surface area contributed by atoms with Gasteiger partial charge in [-0.1, -0.05) is 43.5 Å². The summed E-state index contributed by atoms with van der Waals surface area (Å²) >= 11 is 10.2. The van der Waals surface area contributed by atoms with Gasteiger partial charge in [-0.25, -0.2) is 0 Å². The van der Waals surface area contributed by atoms with Gasteiger partial charge in [0.05, 0.1) is 0 Å². The molecule has 0 aliphatic heterocycles. The molecule has 0 nitrogen and oxygen atoms in total. The smallest absolute Gasteiger partial charge is 0.0180 e. The molecule has 1 aliphatic rings. The molecule has 0 heterocycles. The van der Waals surface area contributed by atoms with Crippen LogP contribution in [-0.2, 0) is 0 Å². The summed E-state index contributed by atoms with van der Waals surface area (Å²) in [6.07, 6.45) is 5.99. The molecule has 0 spiro atoms. The summed E-state index contributed by atoms with van der Waals surface area (Å²) in [5.41, 5.74) is 0. The Bertz CT molecular complexity index is 191. The van der Waals surface area contributed by atoms with Crippen LogP contribution in [0, 0.1) is 5.92 Å². The number of rotatable bonds is 0. The van der Waals surface area contributed by atoms with E-state index in [1.165, 1.54) is 0 Å². The summed E-state index contributed by atoms with van der Waals surface area (Å²) < 4.78 is 0. The number of hydrogen-bond acceptors (Lipinski definition) is 2. The van der Waals surface area contributed by atoms with Gasteiger partial charge in [0, 0.05) is 4.86 Å². The predicted molar refractivity (Wildman–Crippen MR) is 52.7 cm³/mol. The van der Waals surface area contributed by atoms with Crippen molar-refractivity contribution in [2.45, 2.75) is 19.8 Å². The summed E-state index contributed by atoms with van der Waals surface area (Å²) in [7, 11) is 0. The molecule has 0 fully saturated rings. The summed E-state index contributed by atoms with van der Waals surface area (Å²) in [5.74, 6) is 0.473. The van der Waals surface area contributed by atoms with Gasteiger partial charge in [-0.05, 0) is 23.6 Å². The van der Waals surface area contributed by atoms with E-state index in [4.69, 9.17) is 24.4 Å². The molecule has 1 rings (SSSR count). The lowest BCUT2D eigenvalue weighted by Crippen LogP contribution is -2.06. The molecule has 54 valence electrons. The van der Waals surface area contributed by atoms with Crippen molar-refractivity contribution >= 4 is 34.2 Å². The standard InChI is InChI=1S/C8H10S2/c1-6-5-7(9)3-2-4-8(6)10/h2,4,6H,3,5H2,1H3. The minimum Gasteiger partial charge on any atom is -0.0893 e. The minimum atomic E-state index is 0.473. The molecule has 0 aromatic rings. The highest BCUT2D eigenvalue weighted by molar-refractivity contribution is 7.81. The van der Waals surface area contributed by atoms with E-state index < -0.39 is 0 Å². The van der Waals surface area contributed by atoms with Crippen LogP contribution in [-0.4, -0.2) is 9.73 Å². The third-order valence-corrected chi connectivity index (χ3v) is 2.52. The fourth-order valence-corrected chi connectivity index (χ4v) is 1.52. The summed E-state index contributed by atoms with van der Waals surface area (Å²) in [6, 6.07) is 0. The SMILES string of the molecule is CC1CC(=S)CC=CC1=S. The molecule has 1 unspecified atom stereocenters. The summed E-state index contributed by atoms with van der Waals surface area (Å²) in [4.78, 5) is 2.17. The third-order valence-electron chi connectivity index (χ3n) is 1.65. The van der Waals surface area contributed by atoms with Gasteiger partial charge in [0.2, 0.25) is 0 Å². The van der Waals surface area contributed by atoms with E-state index in [0.29, 0.717) is 5.92 Å². The van der Waals surface area contributed by atoms with Gasteiger partial charge in [-0.3, -0.25) is 0 Å². The van der Waals surface area contributed by atoms with Gasteiger partial charge >= 0.3 is 0 Å². The fourth-order valence-electron chi connectivity index (χ4n) is 0.996. The highest BCUT2D eigenvalue weighted by Gasteiger charge is 2.10. The first kappa shape index (κ1) is 8.02. The lowest BCUT2D eigenvalue weighted by atomic mass is 10.0. The van der Waals surface area contributed by atoms with Gasteiger partial charge in [-0.2, -0.15) is 0 Å². The molecule has 0 aromatic heterocycles. The summed E-state index contributed by atoms with van der Waals surface area (Å²) in [6.45, 7) is 2.13. The third kappa shape index (κ3) is 1.96. The van der Waals surface area contributed by atoms with Crippen LogP contribution in [0.1, 0.15) is 19.8 Å². The molecule has 0 radical (unpaired) electrons. The van der Waals surface area contributed by atoms with E-state index in [9.17, 15) is 0 Å². The molecular weight excluding hydrogens is 160 g/mol. The Morgan fingerprint density at radius 3 is 2.90 bits per heavy atom. The van der Waals surface area contributed by atoms with Crippen LogP contribution in [0.15, 0.2) is 12.2 Å². The Kier molecular flexibility index (Phi) is 2.69. The van der Waals surface area contributed by atoms with Crippen molar-refractivity contribution in [3.05, 3.63) is 12.2 Å². The quantitative estimate of drug-likeness (QED) is 0.513. The van der Waals surface area contributed by atoms with Crippen molar-refractivity contribution in [3.63, 3.8) is 0 Å². The maximum absolute atomic E-state index is 5.12. The van der Waals surface area contributed by atoms with E-state index in [-0.39, 0.29) is 0 Å². The second-order valence-corrected chi connectivity index (χ2v) is 3.70. The highest BCUT2D eigenvalue weighted by atomic mass is 32.1. The molecule has 0 amide bonds. The van der Waals surface area contributed by atoms with Crippen molar-refractivity contribution in [1.29, 1.82) is 0 Å². The molecule has 2 heteroatoms. The maximum atomic E-state index is 5.12. The van der Waals surface area contributed by atoms with Gasteiger partial charge < -0.3 is 0 Å². The van der Waals surface area contributed by atoms with E-state index in [0.717, 1.165) is 22.6 Å². The lowest BCUT2D eigenvalue weighted by molar-refractivity contribution is 0.838. The number of allylic oxidation sites excluding steroid dienone is 2. The topological polar surface area (TPSA) is 0 Å². The molecular formula is C8H10S2. The predicted octanol–water partition coefficient (Wildman–Crippen LogP) is 2.71. The number of hydrogen-bond donors (Lipinski definition) is 0. The van der Waals surface area contributed by atoms with Crippen molar-refractivity contribution in [1.82, 2.24) is 0 Å². The maximum Gasteiger partial charge on any atom is 0.0180 e.